The average molecular weight is 204 g/mol. The predicted octanol–water partition coefficient (Wildman–Crippen LogP) is 3.12. The first-order chi connectivity index (χ1) is 4.83. The van der Waals surface area contributed by atoms with Gasteiger partial charge in [0.25, 0.3) is 0 Å². The molecule has 0 N–H and O–H groups in total. The fourth-order valence-corrected chi connectivity index (χ4v) is 1.90. The fourth-order valence-electron chi connectivity index (χ4n) is 0.211. The first-order valence-electron chi connectivity index (χ1n) is 3.56. The van der Waals surface area contributed by atoms with Crippen LogP contribution in [0.15, 0.2) is 12.7 Å². The second-order valence-electron chi connectivity index (χ2n) is 1.81. The molecule has 0 saturated heterocycles. The SMILES string of the molecule is C=C[CH2][Mg][Cl].CC[CH2][Mg][Cl]. The second kappa shape index (κ2) is 17.1. The minimum absolute atomic E-state index is 0.114. The van der Waals surface area contributed by atoms with Crippen molar-refractivity contribution in [1.29, 1.82) is 0 Å². The van der Waals surface area contributed by atoms with Gasteiger partial charge in [-0.3, -0.25) is 0 Å². The van der Waals surface area contributed by atoms with Gasteiger partial charge in [0.05, 0.1) is 0 Å². The molecule has 0 aromatic heterocycles. The zero-order chi connectivity index (χ0) is 8.24. The van der Waals surface area contributed by atoms with Crippen molar-refractivity contribution in [2.75, 3.05) is 0 Å². The third-order valence-electron chi connectivity index (χ3n) is 0.800. The lowest BCUT2D eigenvalue weighted by Crippen LogP contribution is -1.69. The smallest absolute Gasteiger partial charge is 0.346 e. The van der Waals surface area contributed by atoms with E-state index >= 15 is 0 Å². The van der Waals surface area contributed by atoms with E-state index in [-0.39, 0.29) is 38.5 Å². The molecule has 54 valence electrons. The van der Waals surface area contributed by atoms with Crippen molar-refractivity contribution >= 4 is 56.7 Å². The van der Waals surface area contributed by atoms with Crippen LogP contribution in [0, 0.1) is 0 Å². The summed E-state index contributed by atoms with van der Waals surface area (Å²) in [7, 11) is 10.8. The Hall–Kier alpha value is 1.85. The number of hydrogen-bond donors (Lipinski definition) is 0. The molecular weight excluding hydrogens is 192 g/mol. The van der Waals surface area contributed by atoms with Crippen LogP contribution < -0.4 is 0 Å². The Morgan fingerprint density at radius 2 is 2.00 bits per heavy atom. The summed E-state index contributed by atoms with van der Waals surface area (Å²) in [5.41, 5.74) is 0. The van der Waals surface area contributed by atoms with Crippen LogP contribution in [-0.2, 0) is 0 Å². The molecule has 0 aliphatic carbocycles. The summed E-state index contributed by atoms with van der Waals surface area (Å²) in [6.45, 7) is 5.66. The lowest BCUT2D eigenvalue weighted by molar-refractivity contribution is 1.08. The summed E-state index contributed by atoms with van der Waals surface area (Å²) in [4.78, 5) is 0. The molecule has 0 radical (unpaired) electrons. The molecule has 0 atom stereocenters. The van der Waals surface area contributed by atoms with Gasteiger partial charge in [-0.05, 0) is 0 Å². The topological polar surface area (TPSA) is 0 Å². The summed E-state index contributed by atoms with van der Waals surface area (Å²) in [6.07, 6.45) is 3.13. The molecule has 0 aliphatic heterocycles. The van der Waals surface area contributed by atoms with Crippen molar-refractivity contribution in [3.63, 3.8) is 0 Å². The predicted molar refractivity (Wildman–Crippen MR) is 53.3 cm³/mol. The van der Waals surface area contributed by atoms with Crippen LogP contribution in [0.1, 0.15) is 13.3 Å². The average Bonchev–Trinajstić information content (AvgIpc) is 1.93. The third-order valence-corrected chi connectivity index (χ3v) is 3.86. The van der Waals surface area contributed by atoms with E-state index in [1.54, 1.807) is 0 Å². The van der Waals surface area contributed by atoms with Gasteiger partial charge in [-0.25, -0.2) is 0 Å². The van der Waals surface area contributed by atoms with Gasteiger partial charge in [-0.2, -0.15) is 0 Å². The molecule has 0 spiro atoms. The zero-order valence-electron chi connectivity index (χ0n) is 6.58. The zero-order valence-corrected chi connectivity index (χ0v) is 10.9. The molecule has 0 aromatic rings. The number of hydrogen-bond acceptors (Lipinski definition) is 0. The number of halogens is 2. The molecular formula is C6H12Cl2Mg2. The van der Waals surface area contributed by atoms with Gasteiger partial charge < -0.3 is 18.1 Å². The van der Waals surface area contributed by atoms with E-state index in [0.717, 1.165) is 4.55 Å². The van der Waals surface area contributed by atoms with Crippen LogP contribution >= 0.6 is 18.1 Å². The van der Waals surface area contributed by atoms with E-state index in [9.17, 15) is 0 Å². The molecule has 0 nitrogen and oxygen atoms in total. The quantitative estimate of drug-likeness (QED) is 0.487. The molecule has 4 heteroatoms. The highest BCUT2D eigenvalue weighted by Gasteiger charge is 1.81. The molecule has 0 aliphatic rings. The normalized spacial score (nSPS) is 6.30. The summed E-state index contributed by atoms with van der Waals surface area (Å²) < 4.78 is 2.35. The maximum atomic E-state index is 5.44. The Labute approximate surface area is 90.7 Å². The fraction of sp³-hybridized carbons (Fsp3) is 0.667. The monoisotopic (exact) mass is 202 g/mol. The second-order valence-corrected chi connectivity index (χ2v) is 6.12. The largest absolute Gasteiger partial charge is 0.504 e. The minimum Gasteiger partial charge on any atom is -0.346 e. The molecule has 0 amide bonds. The maximum absolute atomic E-state index is 5.44. The highest BCUT2D eigenvalue weighted by molar-refractivity contribution is 6.94. The Morgan fingerprint density at radius 1 is 1.40 bits per heavy atom. The van der Waals surface area contributed by atoms with Crippen molar-refractivity contribution in [3.05, 3.63) is 12.7 Å². The van der Waals surface area contributed by atoms with Gasteiger partial charge in [0.1, 0.15) is 0 Å². The summed E-state index contributed by atoms with van der Waals surface area (Å²) in [6, 6.07) is 0. The van der Waals surface area contributed by atoms with Crippen LogP contribution in [0.5, 0.6) is 0 Å². The standard InChI is InChI=1S/C3H7.C3H5.2ClH.2Mg/c2*1-3-2;;;;/h1,3H2,2H3;3H,1-2H2;2*1H;;/q;;;;2*+1/p-2. The van der Waals surface area contributed by atoms with Crippen LogP contribution in [0.4, 0.5) is 0 Å². The molecule has 0 aromatic carbocycles. The summed E-state index contributed by atoms with van der Waals surface area (Å²) >= 11 is -0.346. The lowest BCUT2D eigenvalue weighted by Gasteiger charge is -1.73. The Balaban J connectivity index is 0. The van der Waals surface area contributed by atoms with Crippen molar-refractivity contribution < 1.29 is 0 Å². The van der Waals surface area contributed by atoms with E-state index in [2.05, 4.69) is 13.5 Å². The Kier molecular flexibility index (Phi) is 24.6. The molecule has 0 fully saturated rings. The summed E-state index contributed by atoms with van der Waals surface area (Å²) in [5.74, 6) is 0. The molecule has 0 bridgehead atoms. The number of rotatable bonds is 4. The van der Waals surface area contributed by atoms with Gasteiger partial charge in [0.15, 0.2) is 0 Å². The third kappa shape index (κ3) is 22.5. The molecule has 0 rings (SSSR count). The molecule has 0 saturated carbocycles. The molecule has 0 unspecified atom stereocenters. The van der Waals surface area contributed by atoms with E-state index in [0.29, 0.717) is 0 Å². The highest BCUT2D eigenvalue weighted by atomic mass is 35.5. The minimum atomic E-state index is -0.232. The van der Waals surface area contributed by atoms with Crippen LogP contribution in [0.3, 0.4) is 0 Å². The first-order valence-corrected chi connectivity index (χ1v) is 9.83. The van der Waals surface area contributed by atoms with Crippen molar-refractivity contribution in [3.8, 4) is 0 Å². The van der Waals surface area contributed by atoms with Crippen LogP contribution in [-0.4, -0.2) is 38.5 Å². The van der Waals surface area contributed by atoms with Gasteiger partial charge in [0, 0.05) is 0 Å². The van der Waals surface area contributed by atoms with Gasteiger partial charge in [-0.15, -0.1) is 21.8 Å². The maximum Gasteiger partial charge on any atom is 0.504 e. The highest BCUT2D eigenvalue weighted by Crippen LogP contribution is 1.85. The van der Waals surface area contributed by atoms with Crippen LogP contribution in [0.25, 0.3) is 0 Å². The van der Waals surface area contributed by atoms with Crippen molar-refractivity contribution in [2.24, 2.45) is 0 Å². The number of allylic oxidation sites excluding steroid dienone is 1. The van der Waals surface area contributed by atoms with Gasteiger partial charge in [-0.1, -0.05) is 13.3 Å². The van der Waals surface area contributed by atoms with Crippen LogP contribution in [0.2, 0.25) is 9.10 Å². The van der Waals surface area contributed by atoms with Gasteiger partial charge >= 0.3 is 38.5 Å². The molecule has 10 heavy (non-hydrogen) atoms. The van der Waals surface area contributed by atoms with E-state index < -0.39 is 0 Å². The Bertz CT molecular complexity index is 57.7. The van der Waals surface area contributed by atoms with E-state index in [1.807, 2.05) is 6.08 Å². The summed E-state index contributed by atoms with van der Waals surface area (Å²) in [5, 5.41) is 0. The van der Waals surface area contributed by atoms with Crippen molar-refractivity contribution in [1.82, 2.24) is 0 Å². The Morgan fingerprint density at radius 3 is 2.00 bits per heavy atom. The van der Waals surface area contributed by atoms with Crippen molar-refractivity contribution in [2.45, 2.75) is 22.4 Å². The van der Waals surface area contributed by atoms with E-state index in [4.69, 9.17) is 18.1 Å². The lowest BCUT2D eigenvalue weighted by atomic mass is 10.6. The van der Waals surface area contributed by atoms with E-state index in [1.165, 1.54) is 11.0 Å². The van der Waals surface area contributed by atoms with Gasteiger partial charge in [0.2, 0.25) is 0 Å². The first kappa shape index (κ1) is 14.4. The molecule has 0 heterocycles.